The van der Waals surface area contributed by atoms with Crippen LogP contribution in [-0.2, 0) is 13.0 Å². The molecule has 1 aliphatic rings. The first kappa shape index (κ1) is 18.5. The number of benzene rings is 1. The van der Waals surface area contributed by atoms with Crippen molar-refractivity contribution in [2.24, 2.45) is 0 Å². The van der Waals surface area contributed by atoms with Gasteiger partial charge in [-0.05, 0) is 32.0 Å². The van der Waals surface area contributed by atoms with E-state index in [9.17, 15) is 0 Å². The number of hydrogen-bond donors (Lipinski definition) is 2. The Bertz CT molecular complexity index is 814. The van der Waals surface area contributed by atoms with Gasteiger partial charge in [0.15, 0.2) is 0 Å². The molecule has 0 spiro atoms. The van der Waals surface area contributed by atoms with E-state index in [4.69, 9.17) is 4.98 Å². The molecule has 0 bridgehead atoms. The highest BCUT2D eigenvalue weighted by molar-refractivity contribution is 5.85. The summed E-state index contributed by atoms with van der Waals surface area (Å²) in [5.74, 6) is 0.942. The van der Waals surface area contributed by atoms with Crippen LogP contribution in [-0.4, -0.2) is 26.3 Å². The molecular weight excluding hydrogens is 345 g/mol. The van der Waals surface area contributed by atoms with Crippen LogP contribution in [0.25, 0.3) is 17.1 Å². The molecule has 3 aromatic rings. The van der Waals surface area contributed by atoms with Crippen molar-refractivity contribution in [1.29, 1.82) is 0 Å². The van der Waals surface area contributed by atoms with Gasteiger partial charge in [-0.1, -0.05) is 12.1 Å². The smallest absolute Gasteiger partial charge is 0.137 e. The average Bonchev–Trinajstić information content (AvgIpc) is 3.10. The Morgan fingerprint density at radius 2 is 1.96 bits per heavy atom. The largest absolute Gasteiger partial charge is 0.341 e. The van der Waals surface area contributed by atoms with E-state index in [-0.39, 0.29) is 24.8 Å². The molecule has 128 valence electrons. The van der Waals surface area contributed by atoms with E-state index in [0.717, 1.165) is 48.0 Å². The van der Waals surface area contributed by atoms with E-state index in [0.29, 0.717) is 0 Å². The Kier molecular flexibility index (Phi) is 5.70. The lowest BCUT2D eigenvalue weighted by molar-refractivity contribution is 0.627. The molecule has 4 rings (SSSR count). The van der Waals surface area contributed by atoms with Gasteiger partial charge in [0.1, 0.15) is 5.82 Å². The molecule has 0 aliphatic carbocycles. The van der Waals surface area contributed by atoms with Crippen LogP contribution in [0.3, 0.4) is 0 Å². The minimum atomic E-state index is 0. The van der Waals surface area contributed by atoms with Gasteiger partial charge in [-0.3, -0.25) is 0 Å². The second-order valence-electron chi connectivity index (χ2n) is 5.83. The van der Waals surface area contributed by atoms with Gasteiger partial charge in [0.2, 0.25) is 0 Å². The number of aromatic nitrogens is 4. The molecule has 1 aromatic carbocycles. The van der Waals surface area contributed by atoms with E-state index < -0.39 is 0 Å². The van der Waals surface area contributed by atoms with Gasteiger partial charge in [0.05, 0.1) is 22.8 Å². The molecule has 2 N–H and O–H groups in total. The van der Waals surface area contributed by atoms with Crippen molar-refractivity contribution in [1.82, 2.24) is 25.1 Å². The fourth-order valence-electron chi connectivity index (χ4n) is 3.03. The fraction of sp³-hybridized carbons (Fsp3) is 0.294. The summed E-state index contributed by atoms with van der Waals surface area (Å²) >= 11 is 0. The number of hydrogen-bond acceptors (Lipinski definition) is 3. The summed E-state index contributed by atoms with van der Waals surface area (Å²) in [6.45, 7) is 5.97. The van der Waals surface area contributed by atoms with E-state index in [2.05, 4.69) is 52.7 Å². The van der Waals surface area contributed by atoms with E-state index in [1.807, 2.05) is 11.6 Å². The molecule has 0 saturated carbocycles. The number of halogens is 2. The predicted molar refractivity (Wildman–Crippen MR) is 101 cm³/mol. The summed E-state index contributed by atoms with van der Waals surface area (Å²) in [5, 5.41) is 7.92. The number of imidazole rings is 1. The Morgan fingerprint density at radius 3 is 2.67 bits per heavy atom. The molecule has 0 saturated heterocycles. The van der Waals surface area contributed by atoms with Gasteiger partial charge in [-0.2, -0.15) is 5.10 Å². The molecule has 0 radical (unpaired) electrons. The van der Waals surface area contributed by atoms with Gasteiger partial charge in [-0.15, -0.1) is 24.8 Å². The van der Waals surface area contributed by atoms with Crippen molar-refractivity contribution < 1.29 is 0 Å². The molecule has 24 heavy (non-hydrogen) atoms. The topological polar surface area (TPSA) is 58.5 Å². The Labute approximate surface area is 153 Å². The summed E-state index contributed by atoms with van der Waals surface area (Å²) < 4.78 is 1.98. The lowest BCUT2D eigenvalue weighted by atomic mass is 10.2. The normalized spacial score (nSPS) is 12.9. The molecule has 5 nitrogen and oxygen atoms in total. The molecule has 2 aromatic heterocycles. The SMILES string of the molecule is Cc1cc(C)n(-c2cccc(-c3nc4c([nH]3)CNCC4)c2)n1.Cl.Cl. The van der Waals surface area contributed by atoms with Gasteiger partial charge < -0.3 is 10.3 Å². The standard InChI is InChI=1S/C17H19N5.2ClH/c1-11-8-12(2)22(21-11)14-5-3-4-13(9-14)17-19-15-6-7-18-10-16(15)20-17;;/h3-5,8-9,18H,6-7,10H2,1-2H3,(H,19,20);2*1H. The van der Waals surface area contributed by atoms with Crippen LogP contribution in [0.1, 0.15) is 22.8 Å². The maximum atomic E-state index is 4.76. The predicted octanol–water partition coefficient (Wildman–Crippen LogP) is 3.37. The van der Waals surface area contributed by atoms with Crippen LogP contribution in [0, 0.1) is 13.8 Å². The number of nitrogens with one attached hydrogen (secondary N) is 2. The molecule has 3 heterocycles. The number of nitrogens with zero attached hydrogens (tertiary/aromatic N) is 3. The van der Waals surface area contributed by atoms with Crippen molar-refractivity contribution >= 4 is 24.8 Å². The van der Waals surface area contributed by atoms with Crippen LogP contribution in [0.15, 0.2) is 30.3 Å². The van der Waals surface area contributed by atoms with E-state index >= 15 is 0 Å². The summed E-state index contributed by atoms with van der Waals surface area (Å²) in [5.41, 5.74) is 6.72. The fourth-order valence-corrected chi connectivity index (χ4v) is 3.03. The molecule has 0 unspecified atom stereocenters. The molecule has 0 atom stereocenters. The highest BCUT2D eigenvalue weighted by atomic mass is 35.5. The molecule has 0 amide bonds. The van der Waals surface area contributed by atoms with E-state index in [1.54, 1.807) is 0 Å². The van der Waals surface area contributed by atoms with Crippen LogP contribution in [0.4, 0.5) is 0 Å². The monoisotopic (exact) mass is 365 g/mol. The van der Waals surface area contributed by atoms with Crippen LogP contribution in [0.2, 0.25) is 0 Å². The van der Waals surface area contributed by atoms with E-state index in [1.165, 1.54) is 11.4 Å². The highest BCUT2D eigenvalue weighted by Crippen LogP contribution is 2.23. The minimum Gasteiger partial charge on any atom is -0.341 e. The van der Waals surface area contributed by atoms with Crippen molar-refractivity contribution in [2.75, 3.05) is 6.54 Å². The molecule has 7 heteroatoms. The van der Waals surface area contributed by atoms with Gasteiger partial charge in [-0.25, -0.2) is 9.67 Å². The van der Waals surface area contributed by atoms with Crippen molar-refractivity contribution in [3.05, 3.63) is 53.1 Å². The first-order valence-corrected chi connectivity index (χ1v) is 7.63. The zero-order valence-corrected chi connectivity index (χ0v) is 15.3. The summed E-state index contributed by atoms with van der Waals surface area (Å²) in [4.78, 5) is 8.20. The lowest BCUT2D eigenvalue weighted by Gasteiger charge is -2.09. The first-order chi connectivity index (χ1) is 10.7. The van der Waals surface area contributed by atoms with Crippen LogP contribution >= 0.6 is 24.8 Å². The summed E-state index contributed by atoms with van der Waals surface area (Å²) in [6.07, 6.45) is 0.989. The third-order valence-corrected chi connectivity index (χ3v) is 4.08. The third kappa shape index (κ3) is 3.34. The van der Waals surface area contributed by atoms with Crippen LogP contribution < -0.4 is 5.32 Å². The number of rotatable bonds is 2. The maximum Gasteiger partial charge on any atom is 0.137 e. The van der Waals surface area contributed by atoms with Gasteiger partial charge >= 0.3 is 0 Å². The summed E-state index contributed by atoms with van der Waals surface area (Å²) in [6, 6.07) is 10.4. The van der Waals surface area contributed by atoms with Crippen LogP contribution in [0.5, 0.6) is 0 Å². The molecule has 1 aliphatic heterocycles. The van der Waals surface area contributed by atoms with Gasteiger partial charge in [0, 0.05) is 30.8 Å². The Hall–Kier alpha value is -1.82. The van der Waals surface area contributed by atoms with Crippen molar-refractivity contribution in [3.8, 4) is 17.1 Å². The number of aryl methyl sites for hydroxylation is 2. The quantitative estimate of drug-likeness (QED) is 0.731. The summed E-state index contributed by atoms with van der Waals surface area (Å²) in [7, 11) is 0. The van der Waals surface area contributed by atoms with Crippen molar-refractivity contribution in [3.63, 3.8) is 0 Å². The molecule has 0 fully saturated rings. The zero-order valence-electron chi connectivity index (χ0n) is 13.7. The minimum absolute atomic E-state index is 0. The number of fused-ring (bicyclic) bond motifs is 1. The Balaban J connectivity index is 0.00000104. The van der Waals surface area contributed by atoms with Gasteiger partial charge in [0.25, 0.3) is 0 Å². The number of aromatic amines is 1. The first-order valence-electron chi connectivity index (χ1n) is 7.63. The highest BCUT2D eigenvalue weighted by Gasteiger charge is 2.15. The Morgan fingerprint density at radius 1 is 1.12 bits per heavy atom. The third-order valence-electron chi connectivity index (χ3n) is 4.08. The zero-order chi connectivity index (χ0) is 15.1. The maximum absolute atomic E-state index is 4.76. The molecular formula is C17H21Cl2N5. The average molecular weight is 366 g/mol. The second-order valence-corrected chi connectivity index (χ2v) is 5.83. The second kappa shape index (κ2) is 7.38. The van der Waals surface area contributed by atoms with Crippen molar-refractivity contribution in [2.45, 2.75) is 26.8 Å². The number of H-pyrrole nitrogens is 1. The lowest BCUT2D eigenvalue weighted by Crippen LogP contribution is -2.23.